The van der Waals surface area contributed by atoms with Crippen LogP contribution in [0.5, 0.6) is 5.75 Å². The molecule has 26 heavy (non-hydrogen) atoms. The van der Waals surface area contributed by atoms with Crippen molar-refractivity contribution in [1.29, 1.82) is 0 Å². The fraction of sp³-hybridized carbons (Fsp3) is 0.588. The van der Waals surface area contributed by atoms with E-state index >= 15 is 0 Å². The highest BCUT2D eigenvalue weighted by Crippen LogP contribution is 2.29. The van der Waals surface area contributed by atoms with E-state index in [0.717, 1.165) is 23.6 Å². The Morgan fingerprint density at radius 2 is 2.00 bits per heavy atom. The molecule has 1 aliphatic heterocycles. The number of nitrogens with two attached hydrogens (primary N) is 1. The number of hydrogen-bond acceptors (Lipinski definition) is 5. The largest absolute Gasteiger partial charge is 0.495 e. The number of likely N-dealkylation sites (tertiary alicyclic amines) is 1. The number of amides is 1. The van der Waals surface area contributed by atoms with E-state index in [1.807, 2.05) is 6.92 Å². The summed E-state index contributed by atoms with van der Waals surface area (Å²) in [6.07, 6.45) is 2.83. The van der Waals surface area contributed by atoms with E-state index in [0.29, 0.717) is 12.1 Å². The first kappa shape index (κ1) is 22.7. The minimum Gasteiger partial charge on any atom is -0.495 e. The molecule has 1 aliphatic rings. The van der Waals surface area contributed by atoms with Crippen molar-refractivity contribution in [3.05, 3.63) is 23.8 Å². The lowest BCUT2D eigenvalue weighted by Crippen LogP contribution is -2.51. The second kappa shape index (κ2) is 9.03. The standard InChI is InChI=1S/C17H27N3O4S.ClH/c1-12(18)14-7-5-6-10-20(14)17(21)13-8-9-15(24-4)16(11-13)25(22,23)19(2)3;/h8-9,11-12,14H,5-7,10,18H2,1-4H3;1H. The van der Waals surface area contributed by atoms with Gasteiger partial charge in [-0.3, -0.25) is 4.79 Å². The summed E-state index contributed by atoms with van der Waals surface area (Å²) < 4.78 is 31.3. The van der Waals surface area contributed by atoms with Crippen LogP contribution in [-0.4, -0.2) is 63.4 Å². The summed E-state index contributed by atoms with van der Waals surface area (Å²) >= 11 is 0. The van der Waals surface area contributed by atoms with Crippen LogP contribution >= 0.6 is 12.4 Å². The van der Waals surface area contributed by atoms with Crippen LogP contribution in [0.4, 0.5) is 0 Å². The number of carbonyl (C=O) groups is 1. The molecule has 0 spiro atoms. The van der Waals surface area contributed by atoms with Crippen molar-refractivity contribution in [2.24, 2.45) is 5.73 Å². The normalized spacial score (nSPS) is 19.0. The van der Waals surface area contributed by atoms with Crippen LogP contribution < -0.4 is 10.5 Å². The predicted molar refractivity (Wildman–Crippen MR) is 103 cm³/mol. The molecule has 1 amide bonds. The third kappa shape index (κ3) is 4.49. The smallest absolute Gasteiger partial charge is 0.254 e. The lowest BCUT2D eigenvalue weighted by molar-refractivity contribution is 0.0583. The van der Waals surface area contributed by atoms with Gasteiger partial charge in [-0.2, -0.15) is 0 Å². The molecule has 148 valence electrons. The van der Waals surface area contributed by atoms with Gasteiger partial charge in [-0.05, 0) is 44.4 Å². The molecule has 9 heteroatoms. The topological polar surface area (TPSA) is 92.9 Å². The van der Waals surface area contributed by atoms with Gasteiger partial charge >= 0.3 is 0 Å². The molecule has 2 rings (SSSR count). The lowest BCUT2D eigenvalue weighted by Gasteiger charge is -2.38. The molecule has 2 unspecified atom stereocenters. The maximum absolute atomic E-state index is 13.0. The number of hydrogen-bond donors (Lipinski definition) is 1. The van der Waals surface area contributed by atoms with E-state index in [9.17, 15) is 13.2 Å². The van der Waals surface area contributed by atoms with Gasteiger partial charge in [-0.25, -0.2) is 12.7 Å². The summed E-state index contributed by atoms with van der Waals surface area (Å²) in [6, 6.07) is 4.35. The third-order valence-corrected chi connectivity index (χ3v) is 6.42. The number of piperidine rings is 1. The zero-order valence-electron chi connectivity index (χ0n) is 15.6. The molecule has 0 saturated carbocycles. The molecule has 0 aliphatic carbocycles. The second-order valence-corrected chi connectivity index (χ2v) is 8.69. The van der Waals surface area contributed by atoms with Gasteiger partial charge in [-0.1, -0.05) is 0 Å². The number of carbonyl (C=O) groups excluding carboxylic acids is 1. The van der Waals surface area contributed by atoms with E-state index in [2.05, 4.69) is 0 Å². The number of rotatable bonds is 5. The van der Waals surface area contributed by atoms with Gasteiger partial charge in [0.1, 0.15) is 10.6 Å². The Morgan fingerprint density at radius 3 is 2.54 bits per heavy atom. The Kier molecular flexibility index (Phi) is 7.88. The summed E-state index contributed by atoms with van der Waals surface area (Å²) in [4.78, 5) is 14.7. The molecule has 1 aromatic rings. The first-order valence-electron chi connectivity index (χ1n) is 8.37. The monoisotopic (exact) mass is 405 g/mol. The van der Waals surface area contributed by atoms with Crippen molar-refractivity contribution in [2.75, 3.05) is 27.7 Å². The molecule has 1 saturated heterocycles. The number of methoxy groups -OCH3 is 1. The van der Waals surface area contributed by atoms with Crippen LogP contribution in [0, 0.1) is 0 Å². The Balaban J connectivity index is 0.00000338. The van der Waals surface area contributed by atoms with E-state index in [4.69, 9.17) is 10.5 Å². The molecule has 1 aromatic carbocycles. The molecule has 2 N–H and O–H groups in total. The molecule has 1 heterocycles. The Hall–Kier alpha value is -1.35. The van der Waals surface area contributed by atoms with Crippen LogP contribution in [0.15, 0.2) is 23.1 Å². The summed E-state index contributed by atoms with van der Waals surface area (Å²) in [6.45, 7) is 2.53. The third-order valence-electron chi connectivity index (χ3n) is 4.59. The molecule has 7 nitrogen and oxygen atoms in total. The van der Waals surface area contributed by atoms with Crippen molar-refractivity contribution >= 4 is 28.3 Å². The fourth-order valence-electron chi connectivity index (χ4n) is 3.13. The minimum absolute atomic E-state index is 0. The van der Waals surface area contributed by atoms with E-state index in [1.54, 1.807) is 11.0 Å². The van der Waals surface area contributed by atoms with Gasteiger partial charge in [0.15, 0.2) is 0 Å². The molecule has 0 radical (unpaired) electrons. The summed E-state index contributed by atoms with van der Waals surface area (Å²) in [5, 5.41) is 0. The highest BCUT2D eigenvalue weighted by molar-refractivity contribution is 7.89. The van der Waals surface area contributed by atoms with Crippen molar-refractivity contribution in [3.63, 3.8) is 0 Å². The summed E-state index contributed by atoms with van der Waals surface area (Å²) in [5.41, 5.74) is 6.37. The number of sulfonamides is 1. The van der Waals surface area contributed by atoms with Gasteiger partial charge in [-0.15, -0.1) is 12.4 Å². The van der Waals surface area contributed by atoms with Gasteiger partial charge < -0.3 is 15.4 Å². The highest BCUT2D eigenvalue weighted by atomic mass is 35.5. The quantitative estimate of drug-likeness (QED) is 0.804. The lowest BCUT2D eigenvalue weighted by atomic mass is 9.96. The summed E-state index contributed by atoms with van der Waals surface area (Å²) in [5.74, 6) is 0.0208. The van der Waals surface area contributed by atoms with Crippen LogP contribution in [0.2, 0.25) is 0 Å². The number of ether oxygens (including phenoxy) is 1. The predicted octanol–water partition coefficient (Wildman–Crippen LogP) is 1.71. The number of nitrogens with zero attached hydrogens (tertiary/aromatic N) is 2. The van der Waals surface area contributed by atoms with E-state index in [-0.39, 0.29) is 41.0 Å². The van der Waals surface area contributed by atoms with Crippen molar-refractivity contribution < 1.29 is 17.9 Å². The van der Waals surface area contributed by atoms with Crippen LogP contribution in [0.3, 0.4) is 0 Å². The molecule has 0 aromatic heterocycles. The Bertz CT molecular complexity index is 738. The average molecular weight is 406 g/mol. The number of halogens is 1. The maximum Gasteiger partial charge on any atom is 0.254 e. The summed E-state index contributed by atoms with van der Waals surface area (Å²) in [7, 11) is 0.571. The van der Waals surface area contributed by atoms with Gasteiger partial charge in [0.25, 0.3) is 5.91 Å². The van der Waals surface area contributed by atoms with Gasteiger partial charge in [0, 0.05) is 38.3 Å². The zero-order valence-corrected chi connectivity index (χ0v) is 17.3. The SMILES string of the molecule is COc1ccc(C(=O)N2CCCCC2C(C)N)cc1S(=O)(=O)N(C)C.Cl. The molecule has 2 atom stereocenters. The molecule has 1 fully saturated rings. The van der Waals surface area contributed by atoms with Gasteiger partial charge in [0.05, 0.1) is 7.11 Å². The first-order valence-corrected chi connectivity index (χ1v) is 9.81. The highest BCUT2D eigenvalue weighted by Gasteiger charge is 2.31. The van der Waals surface area contributed by atoms with E-state index < -0.39 is 10.0 Å². The second-order valence-electron chi connectivity index (χ2n) is 6.57. The Labute approximate surface area is 161 Å². The van der Waals surface area contributed by atoms with Crippen molar-refractivity contribution in [2.45, 2.75) is 43.2 Å². The maximum atomic E-state index is 13.0. The molecular formula is C17H28ClN3O4S. The van der Waals surface area contributed by atoms with Gasteiger partial charge in [0.2, 0.25) is 10.0 Å². The Morgan fingerprint density at radius 1 is 1.35 bits per heavy atom. The first-order chi connectivity index (χ1) is 11.7. The number of benzene rings is 1. The zero-order chi connectivity index (χ0) is 18.8. The van der Waals surface area contributed by atoms with Crippen LogP contribution in [0.1, 0.15) is 36.5 Å². The molecule has 0 bridgehead atoms. The molecular weight excluding hydrogens is 378 g/mol. The van der Waals surface area contributed by atoms with E-state index in [1.165, 1.54) is 33.3 Å². The fourth-order valence-corrected chi connectivity index (χ4v) is 4.20. The average Bonchev–Trinajstić information content (AvgIpc) is 2.60. The van der Waals surface area contributed by atoms with Crippen molar-refractivity contribution in [1.82, 2.24) is 9.21 Å². The van der Waals surface area contributed by atoms with Crippen LogP contribution in [0.25, 0.3) is 0 Å². The minimum atomic E-state index is -3.72. The van der Waals surface area contributed by atoms with Crippen LogP contribution in [-0.2, 0) is 10.0 Å². The van der Waals surface area contributed by atoms with Crippen molar-refractivity contribution in [3.8, 4) is 5.75 Å².